The molecule has 98 valence electrons. The molecule has 0 fully saturated rings. The Morgan fingerprint density at radius 1 is 1.28 bits per heavy atom. The van der Waals surface area contributed by atoms with Crippen molar-refractivity contribution in [2.75, 3.05) is 0 Å². The number of ether oxygens (including phenoxy) is 1. The fourth-order valence-electron chi connectivity index (χ4n) is 2.44. The molecule has 1 heterocycles. The van der Waals surface area contributed by atoms with Gasteiger partial charge in [0.05, 0.1) is 11.8 Å². The summed E-state index contributed by atoms with van der Waals surface area (Å²) in [6.45, 7) is 5.95. The molecule has 0 saturated carbocycles. The highest BCUT2D eigenvalue weighted by Crippen LogP contribution is 2.35. The smallest absolute Gasteiger partial charge is 0.205 e. The van der Waals surface area contributed by atoms with Gasteiger partial charge < -0.3 is 9.84 Å². The summed E-state index contributed by atoms with van der Waals surface area (Å²) in [4.78, 5) is 4.62. The highest BCUT2D eigenvalue weighted by atomic mass is 16.6. The van der Waals surface area contributed by atoms with Crippen LogP contribution in [0.3, 0.4) is 0 Å². The monoisotopic (exact) mass is 247 g/mol. The lowest BCUT2D eigenvalue weighted by Crippen LogP contribution is -2.47. The number of aliphatic imine (C=N–C) groups is 1. The van der Waals surface area contributed by atoms with Crippen LogP contribution >= 0.6 is 0 Å². The van der Waals surface area contributed by atoms with Gasteiger partial charge in [-0.15, -0.1) is 0 Å². The van der Waals surface area contributed by atoms with Crippen LogP contribution in [0.1, 0.15) is 45.3 Å². The van der Waals surface area contributed by atoms with E-state index < -0.39 is 5.79 Å². The minimum atomic E-state index is -1.21. The molecule has 1 aliphatic rings. The Morgan fingerprint density at radius 2 is 1.94 bits per heavy atom. The normalized spacial score (nSPS) is 32.1. The first-order valence-corrected chi connectivity index (χ1v) is 6.63. The summed E-state index contributed by atoms with van der Waals surface area (Å²) < 4.78 is 5.95. The van der Waals surface area contributed by atoms with Crippen molar-refractivity contribution < 1.29 is 9.84 Å². The van der Waals surface area contributed by atoms with E-state index in [1.54, 1.807) is 0 Å². The standard InChI is InChI=1S/C15H21NO2/c1-4-13-15(17,5-2)18-14(11(3)16-13)12-9-7-6-8-10-12/h6-11,14,17H,4-5H2,1-3H3/t11-,14-,15-/m0/s1. The summed E-state index contributed by atoms with van der Waals surface area (Å²) >= 11 is 0. The Bertz CT molecular complexity index is 429. The Morgan fingerprint density at radius 3 is 2.50 bits per heavy atom. The second-order valence-electron chi connectivity index (χ2n) is 4.76. The minimum absolute atomic E-state index is 0.0363. The van der Waals surface area contributed by atoms with Crippen molar-refractivity contribution in [3.05, 3.63) is 35.9 Å². The number of rotatable bonds is 3. The lowest BCUT2D eigenvalue weighted by molar-refractivity contribution is -0.198. The van der Waals surface area contributed by atoms with Crippen LogP contribution in [0, 0.1) is 0 Å². The lowest BCUT2D eigenvalue weighted by atomic mass is 9.97. The van der Waals surface area contributed by atoms with Crippen molar-refractivity contribution in [2.24, 2.45) is 4.99 Å². The molecular weight excluding hydrogens is 226 g/mol. The second kappa shape index (κ2) is 5.21. The van der Waals surface area contributed by atoms with Crippen molar-refractivity contribution in [3.8, 4) is 0 Å². The average Bonchev–Trinajstić information content (AvgIpc) is 2.42. The van der Waals surface area contributed by atoms with Crippen LogP contribution in [0.25, 0.3) is 0 Å². The van der Waals surface area contributed by atoms with E-state index in [4.69, 9.17) is 4.74 Å². The van der Waals surface area contributed by atoms with E-state index in [2.05, 4.69) is 4.99 Å². The van der Waals surface area contributed by atoms with Gasteiger partial charge >= 0.3 is 0 Å². The summed E-state index contributed by atoms with van der Waals surface area (Å²) in [5.74, 6) is -1.21. The van der Waals surface area contributed by atoms with E-state index in [1.807, 2.05) is 51.1 Å². The van der Waals surface area contributed by atoms with Gasteiger partial charge in [-0.2, -0.15) is 0 Å². The van der Waals surface area contributed by atoms with Crippen LogP contribution in [0.15, 0.2) is 35.3 Å². The summed E-state index contributed by atoms with van der Waals surface area (Å²) in [5.41, 5.74) is 1.82. The molecule has 0 unspecified atom stereocenters. The second-order valence-corrected chi connectivity index (χ2v) is 4.76. The van der Waals surface area contributed by atoms with Gasteiger partial charge in [0.25, 0.3) is 0 Å². The molecule has 0 bridgehead atoms. The Balaban J connectivity index is 2.34. The van der Waals surface area contributed by atoms with Crippen LogP contribution in [-0.4, -0.2) is 22.6 Å². The molecule has 3 heteroatoms. The van der Waals surface area contributed by atoms with E-state index in [0.29, 0.717) is 6.42 Å². The largest absolute Gasteiger partial charge is 0.361 e. The topological polar surface area (TPSA) is 41.8 Å². The van der Waals surface area contributed by atoms with Crippen LogP contribution in [0.5, 0.6) is 0 Å². The van der Waals surface area contributed by atoms with E-state index >= 15 is 0 Å². The summed E-state index contributed by atoms with van der Waals surface area (Å²) in [6.07, 6.45) is 1.07. The van der Waals surface area contributed by atoms with E-state index in [1.165, 1.54) is 0 Å². The first kappa shape index (κ1) is 13.2. The summed E-state index contributed by atoms with van der Waals surface area (Å²) in [6, 6.07) is 10.0. The van der Waals surface area contributed by atoms with Crippen LogP contribution in [0.4, 0.5) is 0 Å². The zero-order chi connectivity index (χ0) is 13.2. The van der Waals surface area contributed by atoms with Crippen molar-refractivity contribution in [1.29, 1.82) is 0 Å². The predicted octanol–water partition coefficient (Wildman–Crippen LogP) is 3.10. The Labute approximate surface area is 109 Å². The van der Waals surface area contributed by atoms with E-state index in [0.717, 1.165) is 17.7 Å². The molecule has 1 N–H and O–H groups in total. The fourth-order valence-corrected chi connectivity index (χ4v) is 2.44. The molecule has 0 spiro atoms. The number of benzene rings is 1. The maximum atomic E-state index is 10.5. The summed E-state index contributed by atoms with van der Waals surface area (Å²) in [5, 5.41) is 10.5. The van der Waals surface area contributed by atoms with Gasteiger partial charge in [0.1, 0.15) is 6.10 Å². The molecular formula is C15H21NO2. The molecule has 1 aromatic rings. The van der Waals surface area contributed by atoms with Gasteiger partial charge in [0, 0.05) is 6.42 Å². The Hall–Kier alpha value is -1.19. The minimum Gasteiger partial charge on any atom is -0.361 e. The van der Waals surface area contributed by atoms with Crippen molar-refractivity contribution in [2.45, 2.75) is 51.5 Å². The quantitative estimate of drug-likeness (QED) is 0.891. The van der Waals surface area contributed by atoms with Gasteiger partial charge in [0.2, 0.25) is 5.79 Å². The van der Waals surface area contributed by atoms with Crippen molar-refractivity contribution in [1.82, 2.24) is 0 Å². The number of nitrogens with zero attached hydrogens (tertiary/aromatic N) is 1. The molecule has 0 aromatic heterocycles. The molecule has 18 heavy (non-hydrogen) atoms. The highest BCUT2D eigenvalue weighted by molar-refractivity contribution is 5.91. The number of hydrogen-bond donors (Lipinski definition) is 1. The average molecular weight is 247 g/mol. The summed E-state index contributed by atoms with van der Waals surface area (Å²) in [7, 11) is 0. The highest BCUT2D eigenvalue weighted by Gasteiger charge is 2.40. The molecule has 1 aliphatic heterocycles. The Kier molecular flexibility index (Phi) is 3.83. The van der Waals surface area contributed by atoms with Crippen molar-refractivity contribution in [3.63, 3.8) is 0 Å². The van der Waals surface area contributed by atoms with Gasteiger partial charge in [-0.05, 0) is 18.9 Å². The maximum absolute atomic E-state index is 10.5. The molecule has 0 amide bonds. The van der Waals surface area contributed by atoms with Crippen molar-refractivity contribution >= 4 is 5.71 Å². The lowest BCUT2D eigenvalue weighted by Gasteiger charge is -2.39. The van der Waals surface area contributed by atoms with Gasteiger partial charge in [-0.1, -0.05) is 44.2 Å². The third-order valence-electron chi connectivity index (χ3n) is 3.51. The fraction of sp³-hybridized carbons (Fsp3) is 0.533. The van der Waals surface area contributed by atoms with Crippen LogP contribution in [0.2, 0.25) is 0 Å². The third kappa shape index (κ3) is 2.33. The number of aliphatic hydroxyl groups is 1. The zero-order valence-electron chi connectivity index (χ0n) is 11.3. The first-order chi connectivity index (χ1) is 8.60. The van der Waals surface area contributed by atoms with Gasteiger partial charge in [-0.25, -0.2) is 0 Å². The maximum Gasteiger partial charge on any atom is 0.205 e. The van der Waals surface area contributed by atoms with Crippen LogP contribution in [-0.2, 0) is 4.74 Å². The van der Waals surface area contributed by atoms with Gasteiger partial charge in [0.15, 0.2) is 0 Å². The van der Waals surface area contributed by atoms with E-state index in [9.17, 15) is 5.11 Å². The number of hydrogen-bond acceptors (Lipinski definition) is 3. The van der Waals surface area contributed by atoms with Crippen LogP contribution < -0.4 is 0 Å². The molecule has 2 rings (SSSR count). The zero-order valence-corrected chi connectivity index (χ0v) is 11.3. The molecule has 3 nitrogen and oxygen atoms in total. The molecule has 0 aliphatic carbocycles. The van der Waals surface area contributed by atoms with Gasteiger partial charge in [-0.3, -0.25) is 4.99 Å². The molecule has 3 atom stereocenters. The SMILES string of the molecule is CCC1=N[C@@H](C)[C@@H](c2ccccc2)O[C@@]1(O)CC. The third-order valence-corrected chi connectivity index (χ3v) is 3.51. The molecule has 0 saturated heterocycles. The first-order valence-electron chi connectivity index (χ1n) is 6.63. The predicted molar refractivity (Wildman–Crippen MR) is 72.7 cm³/mol. The van der Waals surface area contributed by atoms with E-state index in [-0.39, 0.29) is 12.1 Å². The molecule has 1 aromatic carbocycles. The molecule has 0 radical (unpaired) electrons.